The van der Waals surface area contributed by atoms with Crippen molar-refractivity contribution >= 4 is 17.4 Å². The average Bonchev–Trinajstić information content (AvgIpc) is 3.13. The van der Waals surface area contributed by atoms with Gasteiger partial charge in [-0.25, -0.2) is 4.39 Å². The van der Waals surface area contributed by atoms with Crippen molar-refractivity contribution in [3.8, 4) is 11.5 Å². The van der Waals surface area contributed by atoms with E-state index in [4.69, 9.17) is 14.2 Å². The van der Waals surface area contributed by atoms with Crippen LogP contribution in [0.15, 0.2) is 48.0 Å². The van der Waals surface area contributed by atoms with Crippen LogP contribution in [0.3, 0.4) is 0 Å². The standard InChI is InChI=1S/C26H29FN2O6/c1-3-35-20-9-6-18(16-21(20)33-2)23-22(24(30)17-4-7-19(27)8-5-17)25(31)26(32)29(23)11-10-28-12-14-34-15-13-28/h4-9,16,23,30H,3,10-15H2,1-2H3/t23-/m0/s1. The van der Waals surface area contributed by atoms with Crippen molar-refractivity contribution in [3.63, 3.8) is 0 Å². The Kier molecular flexibility index (Phi) is 7.67. The Hall–Kier alpha value is -3.43. The van der Waals surface area contributed by atoms with E-state index in [-0.39, 0.29) is 23.4 Å². The molecule has 2 fully saturated rings. The number of aliphatic hydroxyl groups is 1. The molecule has 186 valence electrons. The van der Waals surface area contributed by atoms with Gasteiger partial charge in [0.1, 0.15) is 11.6 Å². The van der Waals surface area contributed by atoms with Crippen molar-refractivity contribution in [3.05, 3.63) is 65.0 Å². The normalized spacial score (nSPS) is 20.3. The number of likely N-dealkylation sites (tertiary alicyclic amines) is 1. The molecule has 9 heteroatoms. The summed E-state index contributed by atoms with van der Waals surface area (Å²) in [5.41, 5.74) is 0.797. The predicted molar refractivity (Wildman–Crippen MR) is 127 cm³/mol. The highest BCUT2D eigenvalue weighted by atomic mass is 19.1. The summed E-state index contributed by atoms with van der Waals surface area (Å²) in [7, 11) is 1.51. The molecule has 0 aromatic heterocycles. The van der Waals surface area contributed by atoms with E-state index in [1.165, 1.54) is 36.3 Å². The zero-order chi connectivity index (χ0) is 24.9. The molecule has 0 unspecified atom stereocenters. The van der Waals surface area contributed by atoms with Gasteiger partial charge in [-0.15, -0.1) is 0 Å². The fourth-order valence-electron chi connectivity index (χ4n) is 4.42. The van der Waals surface area contributed by atoms with Gasteiger partial charge in [0.05, 0.1) is 38.5 Å². The van der Waals surface area contributed by atoms with E-state index in [0.717, 1.165) is 13.1 Å². The van der Waals surface area contributed by atoms with Gasteiger partial charge >= 0.3 is 0 Å². The van der Waals surface area contributed by atoms with E-state index in [1.807, 2.05) is 6.92 Å². The van der Waals surface area contributed by atoms with Gasteiger partial charge in [-0.3, -0.25) is 14.5 Å². The minimum Gasteiger partial charge on any atom is -0.507 e. The maximum atomic E-state index is 13.5. The molecule has 0 radical (unpaired) electrons. The third kappa shape index (κ3) is 5.16. The van der Waals surface area contributed by atoms with Crippen molar-refractivity contribution in [2.45, 2.75) is 13.0 Å². The number of morpholine rings is 1. The number of ether oxygens (including phenoxy) is 3. The second-order valence-corrected chi connectivity index (χ2v) is 8.30. The van der Waals surface area contributed by atoms with Gasteiger partial charge in [0.25, 0.3) is 11.7 Å². The van der Waals surface area contributed by atoms with Crippen molar-refractivity contribution in [1.29, 1.82) is 0 Å². The number of nitrogens with zero attached hydrogens (tertiary/aromatic N) is 2. The monoisotopic (exact) mass is 484 g/mol. The van der Waals surface area contributed by atoms with E-state index < -0.39 is 23.5 Å². The number of carbonyl (C=O) groups is 2. The molecule has 0 saturated carbocycles. The molecule has 2 aliphatic rings. The highest BCUT2D eigenvalue weighted by molar-refractivity contribution is 6.46. The fourth-order valence-corrected chi connectivity index (χ4v) is 4.42. The number of rotatable bonds is 8. The first-order valence-corrected chi connectivity index (χ1v) is 11.6. The Morgan fingerprint density at radius 2 is 1.80 bits per heavy atom. The molecule has 0 spiro atoms. The van der Waals surface area contributed by atoms with Crippen molar-refractivity contribution < 1.29 is 33.3 Å². The van der Waals surface area contributed by atoms with Gasteiger partial charge < -0.3 is 24.2 Å². The van der Waals surface area contributed by atoms with Gasteiger partial charge in [-0.1, -0.05) is 6.07 Å². The van der Waals surface area contributed by atoms with Crippen LogP contribution in [0.25, 0.3) is 5.76 Å². The summed E-state index contributed by atoms with van der Waals surface area (Å²) in [5.74, 6) is -1.32. The SMILES string of the molecule is CCOc1ccc([C@H]2C(=C(O)c3ccc(F)cc3)C(=O)C(=O)N2CCN2CCOCC2)cc1OC. The van der Waals surface area contributed by atoms with Crippen molar-refractivity contribution in [2.24, 2.45) is 0 Å². The number of aliphatic hydroxyl groups excluding tert-OH is 1. The van der Waals surface area contributed by atoms with Crippen LogP contribution in [-0.4, -0.2) is 79.7 Å². The van der Waals surface area contributed by atoms with E-state index in [0.29, 0.717) is 43.4 Å². The lowest BCUT2D eigenvalue weighted by atomic mass is 9.95. The molecule has 2 aromatic carbocycles. The maximum absolute atomic E-state index is 13.5. The summed E-state index contributed by atoms with van der Waals surface area (Å²) >= 11 is 0. The molecule has 35 heavy (non-hydrogen) atoms. The summed E-state index contributed by atoms with van der Waals surface area (Å²) in [6.45, 7) is 5.84. The number of amides is 1. The van der Waals surface area contributed by atoms with Crippen LogP contribution in [0, 0.1) is 5.82 Å². The Bertz CT molecular complexity index is 1110. The van der Waals surface area contributed by atoms with E-state index >= 15 is 0 Å². The number of halogens is 1. The molecule has 8 nitrogen and oxygen atoms in total. The van der Waals surface area contributed by atoms with E-state index in [9.17, 15) is 19.1 Å². The van der Waals surface area contributed by atoms with Crippen LogP contribution < -0.4 is 9.47 Å². The molecule has 4 rings (SSSR count). The molecule has 2 aromatic rings. The molecule has 0 bridgehead atoms. The lowest BCUT2D eigenvalue weighted by Gasteiger charge is -2.31. The number of hydrogen-bond acceptors (Lipinski definition) is 7. The van der Waals surface area contributed by atoms with Gasteiger partial charge in [-0.2, -0.15) is 0 Å². The molecular weight excluding hydrogens is 455 g/mol. The minimum atomic E-state index is -0.842. The highest BCUT2D eigenvalue weighted by Crippen LogP contribution is 2.42. The first-order chi connectivity index (χ1) is 16.9. The molecule has 2 saturated heterocycles. The van der Waals surface area contributed by atoms with Crippen LogP contribution >= 0.6 is 0 Å². The molecule has 0 aliphatic carbocycles. The minimum absolute atomic E-state index is 0.0465. The van der Waals surface area contributed by atoms with Crippen LogP contribution in [0.2, 0.25) is 0 Å². The van der Waals surface area contributed by atoms with Crippen LogP contribution in [0.1, 0.15) is 24.1 Å². The quantitative estimate of drug-likeness (QED) is 0.350. The second kappa shape index (κ2) is 10.9. The zero-order valence-corrected chi connectivity index (χ0v) is 19.8. The Morgan fingerprint density at radius 1 is 1.09 bits per heavy atom. The second-order valence-electron chi connectivity index (χ2n) is 8.30. The molecule has 1 atom stereocenters. The Morgan fingerprint density at radius 3 is 2.46 bits per heavy atom. The maximum Gasteiger partial charge on any atom is 0.295 e. The number of methoxy groups -OCH3 is 1. The third-order valence-corrected chi connectivity index (χ3v) is 6.22. The summed E-state index contributed by atoms with van der Waals surface area (Å²) in [5, 5.41) is 11.1. The van der Waals surface area contributed by atoms with Crippen LogP contribution in [-0.2, 0) is 14.3 Å². The number of benzene rings is 2. The van der Waals surface area contributed by atoms with Crippen molar-refractivity contribution in [2.75, 3.05) is 53.1 Å². The lowest BCUT2D eigenvalue weighted by molar-refractivity contribution is -0.140. The summed E-state index contributed by atoms with van der Waals surface area (Å²) < 4.78 is 29.9. The lowest BCUT2D eigenvalue weighted by Crippen LogP contribution is -2.42. The summed E-state index contributed by atoms with van der Waals surface area (Å²) in [4.78, 5) is 30.0. The van der Waals surface area contributed by atoms with Crippen molar-refractivity contribution in [1.82, 2.24) is 9.80 Å². The number of Topliss-reactive ketones (excluding diaryl/α,β-unsaturated/α-hetero) is 1. The van der Waals surface area contributed by atoms with Gasteiger partial charge in [0.15, 0.2) is 11.5 Å². The van der Waals surface area contributed by atoms with Gasteiger partial charge in [-0.05, 0) is 48.9 Å². The third-order valence-electron chi connectivity index (χ3n) is 6.22. The first-order valence-electron chi connectivity index (χ1n) is 11.6. The Balaban J connectivity index is 1.77. The average molecular weight is 485 g/mol. The first kappa shape index (κ1) is 24.7. The number of ketones is 1. The van der Waals surface area contributed by atoms with Crippen LogP contribution in [0.5, 0.6) is 11.5 Å². The molecule has 2 heterocycles. The smallest absolute Gasteiger partial charge is 0.295 e. The van der Waals surface area contributed by atoms with E-state index in [1.54, 1.807) is 18.2 Å². The largest absolute Gasteiger partial charge is 0.507 e. The summed E-state index contributed by atoms with van der Waals surface area (Å²) in [6, 6.07) is 9.48. The van der Waals surface area contributed by atoms with Gasteiger partial charge in [0.2, 0.25) is 0 Å². The Labute approximate surface area is 203 Å². The predicted octanol–water partition coefficient (Wildman–Crippen LogP) is 2.99. The molecule has 1 amide bonds. The highest BCUT2D eigenvalue weighted by Gasteiger charge is 2.46. The molecule has 2 aliphatic heterocycles. The van der Waals surface area contributed by atoms with E-state index in [2.05, 4.69) is 4.90 Å². The van der Waals surface area contributed by atoms with Gasteiger partial charge in [0, 0.05) is 31.7 Å². The zero-order valence-electron chi connectivity index (χ0n) is 19.8. The molecule has 1 N–H and O–H groups in total. The number of carbonyl (C=O) groups excluding carboxylic acids is 2. The number of hydrogen-bond donors (Lipinski definition) is 1. The summed E-state index contributed by atoms with van der Waals surface area (Å²) in [6.07, 6.45) is 0. The topological polar surface area (TPSA) is 88.5 Å². The molecular formula is C26H29FN2O6. The fraction of sp³-hybridized carbons (Fsp3) is 0.385. The van der Waals surface area contributed by atoms with Crippen LogP contribution in [0.4, 0.5) is 4.39 Å².